The first-order valence-corrected chi connectivity index (χ1v) is 9.10. The fourth-order valence-corrected chi connectivity index (χ4v) is 3.11. The molecule has 0 aliphatic rings. The molecule has 2 aromatic heterocycles. The maximum absolute atomic E-state index is 12.7. The molecule has 4 rings (SSSR count). The molecule has 0 radical (unpaired) electrons. The molecule has 0 amide bonds. The predicted molar refractivity (Wildman–Crippen MR) is 108 cm³/mol. The van der Waals surface area contributed by atoms with Crippen molar-refractivity contribution in [3.63, 3.8) is 0 Å². The normalized spacial score (nSPS) is 12.1. The first-order valence-electron chi connectivity index (χ1n) is 8.73. The molecule has 10 nitrogen and oxygen atoms in total. The number of methoxy groups -OCH3 is 1. The molecular weight excluding hydrogens is 412 g/mol. The second-order valence-electron chi connectivity index (χ2n) is 6.20. The van der Waals surface area contributed by atoms with E-state index in [1.165, 1.54) is 7.11 Å². The Balaban J connectivity index is 1.75. The van der Waals surface area contributed by atoms with E-state index in [2.05, 4.69) is 20.4 Å². The lowest BCUT2D eigenvalue weighted by Crippen LogP contribution is -2.26. The average Bonchev–Trinajstić information content (AvgIpc) is 3.32. The van der Waals surface area contributed by atoms with Crippen LogP contribution >= 0.6 is 11.6 Å². The summed E-state index contributed by atoms with van der Waals surface area (Å²) in [5.74, 6) is -1.18. The SMILES string of the molecule is COC(=O)/C(=C(\O)Cn1nnn(-c2ccccc2Cl)c1=O)c1nc2ccccc2[nH]1. The van der Waals surface area contributed by atoms with E-state index >= 15 is 0 Å². The number of imidazole rings is 1. The highest BCUT2D eigenvalue weighted by molar-refractivity contribution is 6.32. The van der Waals surface area contributed by atoms with Crippen LogP contribution in [0.15, 0.2) is 59.1 Å². The monoisotopic (exact) mass is 426 g/mol. The van der Waals surface area contributed by atoms with E-state index in [1.54, 1.807) is 48.5 Å². The molecule has 0 saturated carbocycles. The Hall–Kier alpha value is -3.92. The molecule has 0 atom stereocenters. The Morgan fingerprint density at radius 2 is 1.90 bits per heavy atom. The maximum atomic E-state index is 12.7. The number of nitrogens with one attached hydrogen (secondary N) is 1. The van der Waals surface area contributed by atoms with Gasteiger partial charge in [0.25, 0.3) is 0 Å². The lowest BCUT2D eigenvalue weighted by atomic mass is 10.2. The van der Waals surface area contributed by atoms with Gasteiger partial charge in [0.05, 0.1) is 28.9 Å². The second kappa shape index (κ2) is 7.84. The number of H-pyrrole nitrogens is 1. The summed E-state index contributed by atoms with van der Waals surface area (Å²) < 4.78 is 6.67. The van der Waals surface area contributed by atoms with E-state index in [4.69, 9.17) is 16.3 Å². The van der Waals surface area contributed by atoms with E-state index < -0.39 is 24.0 Å². The van der Waals surface area contributed by atoms with Crippen LogP contribution in [0.25, 0.3) is 22.3 Å². The Bertz CT molecular complexity index is 1300. The van der Waals surface area contributed by atoms with Crippen molar-refractivity contribution in [2.24, 2.45) is 0 Å². The highest BCUT2D eigenvalue weighted by Gasteiger charge is 2.23. The summed E-state index contributed by atoms with van der Waals surface area (Å²) in [7, 11) is 1.18. The lowest BCUT2D eigenvalue weighted by Gasteiger charge is -2.06. The molecule has 11 heteroatoms. The largest absolute Gasteiger partial charge is 0.509 e. The number of tetrazole rings is 1. The molecule has 152 valence electrons. The standard InChI is InChI=1S/C19H15ClN6O4/c1-30-18(28)16(17-21-12-7-3-4-8-13(12)22-17)15(27)10-25-19(29)26(24-23-25)14-9-5-2-6-11(14)20/h2-9,27H,10H2,1H3,(H,21,22)/b16-15-. The van der Waals surface area contributed by atoms with Gasteiger partial charge in [0.1, 0.15) is 23.7 Å². The zero-order valence-corrected chi connectivity index (χ0v) is 16.4. The molecule has 0 saturated heterocycles. The van der Waals surface area contributed by atoms with Crippen molar-refractivity contribution in [1.82, 2.24) is 29.8 Å². The lowest BCUT2D eigenvalue weighted by molar-refractivity contribution is -0.133. The molecule has 0 fully saturated rings. The number of aliphatic hydroxyl groups excluding tert-OH is 1. The number of nitrogens with zero attached hydrogens (tertiary/aromatic N) is 5. The summed E-state index contributed by atoms with van der Waals surface area (Å²) in [6.45, 7) is -0.426. The van der Waals surface area contributed by atoms with Gasteiger partial charge in [-0.2, -0.15) is 9.36 Å². The molecule has 2 heterocycles. The molecule has 2 N–H and O–H groups in total. The Morgan fingerprint density at radius 1 is 1.17 bits per heavy atom. The first-order chi connectivity index (χ1) is 14.5. The number of rotatable bonds is 5. The molecule has 0 spiro atoms. The van der Waals surface area contributed by atoms with Crippen LogP contribution in [0.1, 0.15) is 5.82 Å². The summed E-state index contributed by atoms with van der Waals surface area (Å²) in [6.07, 6.45) is 0. The molecule has 2 aromatic carbocycles. The summed E-state index contributed by atoms with van der Waals surface area (Å²) >= 11 is 6.11. The summed E-state index contributed by atoms with van der Waals surface area (Å²) in [6, 6.07) is 13.7. The van der Waals surface area contributed by atoms with Crippen LogP contribution in [0.4, 0.5) is 0 Å². The average molecular weight is 427 g/mol. The summed E-state index contributed by atoms with van der Waals surface area (Å²) in [5.41, 5.74) is 0.743. The number of aromatic amines is 1. The number of hydrogen-bond acceptors (Lipinski definition) is 7. The number of fused-ring (bicyclic) bond motifs is 1. The predicted octanol–water partition coefficient (Wildman–Crippen LogP) is 2.10. The maximum Gasteiger partial charge on any atom is 0.368 e. The van der Waals surface area contributed by atoms with Crippen molar-refractivity contribution < 1.29 is 14.6 Å². The van der Waals surface area contributed by atoms with Gasteiger partial charge in [-0.1, -0.05) is 35.9 Å². The van der Waals surface area contributed by atoms with Gasteiger partial charge >= 0.3 is 11.7 Å². The minimum Gasteiger partial charge on any atom is -0.509 e. The van der Waals surface area contributed by atoms with Crippen molar-refractivity contribution in [3.05, 3.63) is 75.6 Å². The van der Waals surface area contributed by atoms with Gasteiger partial charge in [0, 0.05) is 0 Å². The van der Waals surface area contributed by atoms with Crippen molar-refractivity contribution in [1.29, 1.82) is 0 Å². The van der Waals surface area contributed by atoms with Crippen LogP contribution < -0.4 is 5.69 Å². The zero-order chi connectivity index (χ0) is 21.3. The molecule has 0 bridgehead atoms. The Kier molecular flexibility index (Phi) is 5.07. The highest BCUT2D eigenvalue weighted by Crippen LogP contribution is 2.21. The third-order valence-corrected chi connectivity index (χ3v) is 4.64. The van der Waals surface area contributed by atoms with E-state index in [0.717, 1.165) is 9.36 Å². The summed E-state index contributed by atoms with van der Waals surface area (Å²) in [4.78, 5) is 32.3. The molecule has 0 unspecified atom stereocenters. The van der Waals surface area contributed by atoms with E-state index in [0.29, 0.717) is 21.7 Å². The van der Waals surface area contributed by atoms with Gasteiger partial charge in [-0.25, -0.2) is 14.6 Å². The molecule has 0 aliphatic carbocycles. The molecule has 0 aliphatic heterocycles. The quantitative estimate of drug-likeness (QED) is 0.284. The van der Waals surface area contributed by atoms with Gasteiger partial charge in [-0.15, -0.1) is 0 Å². The van der Waals surface area contributed by atoms with Crippen LogP contribution in [-0.2, 0) is 16.1 Å². The zero-order valence-electron chi connectivity index (χ0n) is 15.6. The smallest absolute Gasteiger partial charge is 0.368 e. The highest BCUT2D eigenvalue weighted by atomic mass is 35.5. The topological polar surface area (TPSA) is 128 Å². The van der Waals surface area contributed by atoms with Crippen LogP contribution in [0.2, 0.25) is 5.02 Å². The number of carbonyl (C=O) groups excluding carboxylic acids is 1. The Labute approximate surface area is 174 Å². The number of esters is 1. The number of carbonyl (C=O) groups is 1. The fraction of sp³-hybridized carbons (Fsp3) is 0.105. The molecular formula is C19H15ClN6O4. The van der Waals surface area contributed by atoms with Crippen molar-refractivity contribution in [2.45, 2.75) is 6.54 Å². The number of para-hydroxylation sites is 3. The Morgan fingerprint density at radius 3 is 2.63 bits per heavy atom. The summed E-state index contributed by atoms with van der Waals surface area (Å²) in [5, 5.41) is 18.5. The molecule has 4 aromatic rings. The number of benzene rings is 2. The van der Waals surface area contributed by atoms with E-state index in [9.17, 15) is 14.7 Å². The minimum atomic E-state index is -0.821. The number of ether oxygens (including phenoxy) is 1. The van der Waals surface area contributed by atoms with Gasteiger partial charge in [0.2, 0.25) is 0 Å². The van der Waals surface area contributed by atoms with Gasteiger partial charge < -0.3 is 14.8 Å². The van der Waals surface area contributed by atoms with Crippen molar-refractivity contribution in [2.75, 3.05) is 7.11 Å². The third-order valence-electron chi connectivity index (χ3n) is 4.32. The van der Waals surface area contributed by atoms with E-state index in [-0.39, 0.29) is 11.4 Å². The van der Waals surface area contributed by atoms with Gasteiger partial charge in [-0.3, -0.25) is 0 Å². The van der Waals surface area contributed by atoms with Crippen molar-refractivity contribution in [3.8, 4) is 5.69 Å². The number of aliphatic hydroxyl groups is 1. The second-order valence-corrected chi connectivity index (χ2v) is 6.61. The van der Waals surface area contributed by atoms with E-state index in [1.807, 2.05) is 0 Å². The van der Waals surface area contributed by atoms with Crippen molar-refractivity contribution >= 4 is 34.2 Å². The number of aromatic nitrogens is 6. The van der Waals surface area contributed by atoms with Gasteiger partial charge in [-0.05, 0) is 34.7 Å². The fourth-order valence-electron chi connectivity index (χ4n) is 2.89. The van der Waals surface area contributed by atoms with Crippen LogP contribution in [0, 0.1) is 0 Å². The van der Waals surface area contributed by atoms with Gasteiger partial charge in [0.15, 0.2) is 0 Å². The molecule has 30 heavy (non-hydrogen) atoms. The van der Waals surface area contributed by atoms with Crippen LogP contribution in [-0.4, -0.2) is 47.9 Å². The number of hydrogen-bond donors (Lipinski definition) is 2. The van der Waals surface area contributed by atoms with Crippen LogP contribution in [0.5, 0.6) is 0 Å². The minimum absolute atomic E-state index is 0.104. The number of halogens is 1. The third kappa shape index (κ3) is 3.44. The number of allylic oxidation sites excluding steroid dienone is 1. The first kappa shape index (κ1) is 19.4. The van der Waals surface area contributed by atoms with Crippen LogP contribution in [0.3, 0.4) is 0 Å².